The van der Waals surface area contributed by atoms with Crippen molar-refractivity contribution in [1.82, 2.24) is 0 Å². The predicted octanol–water partition coefficient (Wildman–Crippen LogP) is 4.58. The summed E-state index contributed by atoms with van der Waals surface area (Å²) in [5, 5.41) is 0. The van der Waals surface area contributed by atoms with Crippen molar-refractivity contribution in [3.63, 3.8) is 0 Å². The number of rotatable bonds is 6. The Morgan fingerprint density at radius 1 is 0.800 bits per heavy atom. The summed E-state index contributed by atoms with van der Waals surface area (Å²) in [5.41, 5.74) is 0. The van der Waals surface area contributed by atoms with Crippen LogP contribution in [-0.2, 0) is 4.74 Å². The van der Waals surface area contributed by atoms with Crippen molar-refractivity contribution in [2.24, 2.45) is 0 Å². The van der Waals surface area contributed by atoms with Crippen LogP contribution >= 0.6 is 46.4 Å². The highest BCUT2D eigenvalue weighted by Gasteiger charge is 2.40. The zero-order chi connectivity index (χ0) is 12.3. The minimum Gasteiger partial charge on any atom is -0.310 e. The molecule has 0 rings (SSSR count). The second-order valence-corrected chi connectivity index (χ2v) is 5.40. The molecule has 0 aromatic rings. The van der Waals surface area contributed by atoms with Crippen LogP contribution in [0.5, 0.6) is 0 Å². The summed E-state index contributed by atoms with van der Waals surface area (Å²) in [6.07, 6.45) is -7.95. The Bertz CT molecular complexity index is 180. The zero-order valence-corrected chi connectivity index (χ0v) is 10.0. The van der Waals surface area contributed by atoms with Crippen molar-refractivity contribution in [2.75, 3.05) is 0 Å². The van der Waals surface area contributed by atoms with Crippen LogP contribution < -0.4 is 0 Å². The largest absolute Gasteiger partial charge is 0.310 e. The molecule has 9 heteroatoms. The SMILES string of the molecule is FC(F)CC(Cl)(Cl)OC(Cl)(Cl)CC(F)F. The van der Waals surface area contributed by atoms with Crippen LogP contribution in [0.25, 0.3) is 0 Å². The molecule has 0 aliphatic carbocycles. The molecule has 0 bridgehead atoms. The van der Waals surface area contributed by atoms with E-state index in [9.17, 15) is 17.6 Å². The van der Waals surface area contributed by atoms with Gasteiger partial charge in [0.2, 0.25) is 21.9 Å². The first kappa shape index (κ1) is 15.8. The van der Waals surface area contributed by atoms with Gasteiger partial charge >= 0.3 is 0 Å². The number of halogens is 8. The first-order valence-electron chi connectivity index (χ1n) is 3.56. The highest BCUT2D eigenvalue weighted by molar-refractivity contribution is 6.50. The lowest BCUT2D eigenvalue weighted by molar-refractivity contribution is -0.0339. The molecule has 0 fully saturated rings. The van der Waals surface area contributed by atoms with Gasteiger partial charge in [0.25, 0.3) is 0 Å². The molecule has 15 heavy (non-hydrogen) atoms. The highest BCUT2D eigenvalue weighted by atomic mass is 35.5. The molecule has 0 spiro atoms. The highest BCUT2D eigenvalue weighted by Crippen LogP contribution is 2.40. The summed E-state index contributed by atoms with van der Waals surface area (Å²) in [6.45, 7) is 0. The van der Waals surface area contributed by atoms with E-state index in [1.54, 1.807) is 0 Å². The number of hydrogen-bond acceptors (Lipinski definition) is 1. The van der Waals surface area contributed by atoms with Gasteiger partial charge in [-0.2, -0.15) is 0 Å². The molecule has 0 unspecified atom stereocenters. The molecule has 0 saturated carbocycles. The van der Waals surface area contributed by atoms with Crippen LogP contribution in [0.1, 0.15) is 12.8 Å². The lowest BCUT2D eigenvalue weighted by atomic mass is 10.4. The first-order chi connectivity index (χ1) is 6.54. The maximum Gasteiger partial charge on any atom is 0.243 e. The van der Waals surface area contributed by atoms with E-state index in [0.717, 1.165) is 0 Å². The molecular weight excluding hydrogens is 306 g/mol. The molecular formula is C6H6Cl4F4O. The first-order valence-corrected chi connectivity index (χ1v) is 5.07. The van der Waals surface area contributed by atoms with E-state index in [0.29, 0.717) is 0 Å². The quantitative estimate of drug-likeness (QED) is 0.515. The third-order valence-corrected chi connectivity index (χ3v) is 2.01. The fourth-order valence-corrected chi connectivity index (χ4v) is 1.81. The molecule has 1 nitrogen and oxygen atoms in total. The van der Waals surface area contributed by atoms with Crippen LogP contribution in [0, 0.1) is 0 Å². The van der Waals surface area contributed by atoms with Crippen molar-refractivity contribution in [3.8, 4) is 0 Å². The Labute approximate surface area is 104 Å². The predicted molar refractivity (Wildman–Crippen MR) is 51.2 cm³/mol. The minimum atomic E-state index is -2.88. The van der Waals surface area contributed by atoms with E-state index < -0.39 is 34.7 Å². The summed E-state index contributed by atoms with van der Waals surface area (Å²) in [4.78, 5) is 0. The molecule has 0 N–H and O–H groups in total. The van der Waals surface area contributed by atoms with E-state index in [-0.39, 0.29) is 0 Å². The summed E-state index contributed by atoms with van der Waals surface area (Å²) in [6, 6.07) is 0. The Morgan fingerprint density at radius 3 is 1.27 bits per heavy atom. The van der Waals surface area contributed by atoms with Gasteiger partial charge in [-0.05, 0) is 0 Å². The van der Waals surface area contributed by atoms with Gasteiger partial charge in [0.1, 0.15) is 0 Å². The van der Waals surface area contributed by atoms with Crippen LogP contribution in [0.3, 0.4) is 0 Å². The molecule has 92 valence electrons. The maximum atomic E-state index is 11.9. The Hall–Kier alpha value is 0.840. The van der Waals surface area contributed by atoms with Gasteiger partial charge in [0.15, 0.2) is 0 Å². The topological polar surface area (TPSA) is 9.23 Å². The van der Waals surface area contributed by atoms with Crippen LogP contribution in [0.15, 0.2) is 0 Å². The van der Waals surface area contributed by atoms with Crippen LogP contribution in [-0.4, -0.2) is 21.9 Å². The van der Waals surface area contributed by atoms with Crippen molar-refractivity contribution in [3.05, 3.63) is 0 Å². The fourth-order valence-electron chi connectivity index (χ4n) is 0.661. The zero-order valence-electron chi connectivity index (χ0n) is 7.00. The smallest absolute Gasteiger partial charge is 0.243 e. The fraction of sp³-hybridized carbons (Fsp3) is 1.00. The Kier molecular flexibility index (Phi) is 6.29. The van der Waals surface area contributed by atoms with Gasteiger partial charge in [-0.15, -0.1) is 0 Å². The standard InChI is InChI=1S/C6H6Cl4F4O/c7-5(8,1-3(11)12)15-6(9,10)2-4(13)14/h3-4H,1-2H2. The van der Waals surface area contributed by atoms with E-state index in [2.05, 4.69) is 4.74 Å². The van der Waals surface area contributed by atoms with Crippen molar-refractivity contribution >= 4 is 46.4 Å². The Morgan fingerprint density at radius 2 is 1.07 bits per heavy atom. The molecule has 0 aromatic carbocycles. The van der Waals surface area contributed by atoms with Gasteiger partial charge in [0.05, 0.1) is 12.8 Å². The second kappa shape index (κ2) is 5.96. The van der Waals surface area contributed by atoms with Crippen LogP contribution in [0.2, 0.25) is 0 Å². The van der Waals surface area contributed by atoms with E-state index in [4.69, 9.17) is 46.4 Å². The summed E-state index contributed by atoms with van der Waals surface area (Å²) in [7, 11) is 0. The maximum absolute atomic E-state index is 11.9. The van der Waals surface area contributed by atoms with Crippen molar-refractivity contribution in [2.45, 2.75) is 34.7 Å². The minimum absolute atomic E-state index is 1.10. The second-order valence-electron chi connectivity index (χ2n) is 2.57. The normalized spacial score (nSPS) is 14.0. The van der Waals surface area contributed by atoms with Gasteiger partial charge in [-0.3, -0.25) is 0 Å². The molecule has 0 aliphatic rings. The van der Waals surface area contributed by atoms with Gasteiger partial charge in [-0.1, -0.05) is 46.4 Å². The summed E-state index contributed by atoms with van der Waals surface area (Å²) in [5.74, 6) is 0. The van der Waals surface area contributed by atoms with Crippen LogP contribution in [0.4, 0.5) is 17.6 Å². The molecule has 0 saturated heterocycles. The van der Waals surface area contributed by atoms with E-state index >= 15 is 0 Å². The van der Waals surface area contributed by atoms with E-state index in [1.165, 1.54) is 0 Å². The Balaban J connectivity index is 4.29. The van der Waals surface area contributed by atoms with Gasteiger partial charge in [-0.25, -0.2) is 17.6 Å². The van der Waals surface area contributed by atoms with Crippen molar-refractivity contribution in [1.29, 1.82) is 0 Å². The lowest BCUT2D eigenvalue weighted by Crippen LogP contribution is -2.32. The monoisotopic (exact) mass is 310 g/mol. The number of ether oxygens (including phenoxy) is 1. The summed E-state index contributed by atoms with van der Waals surface area (Å²) >= 11 is 21.0. The number of hydrogen-bond donors (Lipinski definition) is 0. The third kappa shape index (κ3) is 8.63. The van der Waals surface area contributed by atoms with E-state index in [1.807, 2.05) is 0 Å². The lowest BCUT2D eigenvalue weighted by Gasteiger charge is -2.28. The molecule has 0 amide bonds. The van der Waals surface area contributed by atoms with Gasteiger partial charge < -0.3 is 4.74 Å². The average Bonchev–Trinajstić information content (AvgIpc) is 1.73. The van der Waals surface area contributed by atoms with Gasteiger partial charge in [0, 0.05) is 0 Å². The molecule has 0 heterocycles. The molecule has 0 atom stereocenters. The molecule has 0 aliphatic heterocycles. The van der Waals surface area contributed by atoms with Crippen molar-refractivity contribution < 1.29 is 22.3 Å². The third-order valence-electron chi connectivity index (χ3n) is 1.08. The number of alkyl halides is 8. The molecule has 0 aromatic heterocycles. The molecule has 0 radical (unpaired) electrons. The summed E-state index contributed by atoms with van der Waals surface area (Å²) < 4.78 is 47.1. The average molecular weight is 312 g/mol.